The van der Waals surface area contributed by atoms with E-state index in [2.05, 4.69) is 20.6 Å². The van der Waals surface area contributed by atoms with Gasteiger partial charge < -0.3 is 10.6 Å². The Balaban J connectivity index is 1.83. The fourth-order valence-corrected chi connectivity index (χ4v) is 3.32. The molecule has 10 heteroatoms. The zero-order valence-corrected chi connectivity index (χ0v) is 15.6. The third kappa shape index (κ3) is 4.21. The standard InChI is InChI=1S/C16H13Cl2N5O2S/c17-11-4-1-5-12(13(11)18)22-16-14(23(24)25)15(20-9-21-16)19-7-6-10-3-2-8-26-10/h1-5,8-9H,6-7H2,(H2,19,20,21,22). The first-order chi connectivity index (χ1) is 12.6. The van der Waals surface area contributed by atoms with E-state index in [0.717, 1.165) is 6.42 Å². The molecule has 0 aliphatic rings. The lowest BCUT2D eigenvalue weighted by Gasteiger charge is -2.11. The second kappa shape index (κ2) is 8.31. The molecule has 134 valence electrons. The SMILES string of the molecule is O=[N+]([O-])c1c(NCCc2cccs2)ncnc1Nc1cccc(Cl)c1Cl. The van der Waals surface area contributed by atoms with Crippen LogP contribution in [0.1, 0.15) is 4.88 Å². The zero-order chi connectivity index (χ0) is 18.5. The molecule has 26 heavy (non-hydrogen) atoms. The van der Waals surface area contributed by atoms with E-state index in [1.165, 1.54) is 11.2 Å². The van der Waals surface area contributed by atoms with Gasteiger partial charge in [-0.25, -0.2) is 9.97 Å². The molecule has 0 fully saturated rings. The highest BCUT2D eigenvalue weighted by Gasteiger charge is 2.23. The molecule has 0 radical (unpaired) electrons. The number of nitrogens with zero attached hydrogens (tertiary/aromatic N) is 3. The van der Waals surface area contributed by atoms with Gasteiger partial charge in [0.25, 0.3) is 0 Å². The van der Waals surface area contributed by atoms with E-state index in [-0.39, 0.29) is 22.3 Å². The van der Waals surface area contributed by atoms with E-state index < -0.39 is 4.92 Å². The van der Waals surface area contributed by atoms with Gasteiger partial charge in [-0.3, -0.25) is 10.1 Å². The summed E-state index contributed by atoms with van der Waals surface area (Å²) in [5.74, 6) is 0.176. The predicted molar refractivity (Wildman–Crippen MR) is 105 cm³/mol. The molecule has 0 saturated carbocycles. The van der Waals surface area contributed by atoms with Crippen LogP contribution >= 0.6 is 34.5 Å². The fraction of sp³-hybridized carbons (Fsp3) is 0.125. The van der Waals surface area contributed by atoms with Crippen LogP contribution in [-0.2, 0) is 6.42 Å². The molecule has 0 aliphatic carbocycles. The van der Waals surface area contributed by atoms with Gasteiger partial charge >= 0.3 is 5.69 Å². The number of nitrogens with one attached hydrogen (secondary N) is 2. The third-order valence-corrected chi connectivity index (χ3v) is 5.21. The lowest BCUT2D eigenvalue weighted by molar-refractivity contribution is -0.383. The number of aromatic nitrogens is 2. The molecule has 0 saturated heterocycles. The van der Waals surface area contributed by atoms with Crippen molar-refractivity contribution in [2.45, 2.75) is 6.42 Å². The van der Waals surface area contributed by atoms with E-state index in [0.29, 0.717) is 17.3 Å². The summed E-state index contributed by atoms with van der Waals surface area (Å²) in [7, 11) is 0. The number of benzene rings is 1. The van der Waals surface area contributed by atoms with Gasteiger partial charge in [0.2, 0.25) is 11.6 Å². The van der Waals surface area contributed by atoms with Crippen molar-refractivity contribution in [1.29, 1.82) is 0 Å². The summed E-state index contributed by atoms with van der Waals surface area (Å²) in [4.78, 5) is 20.2. The molecule has 2 aromatic heterocycles. The van der Waals surface area contributed by atoms with Crippen molar-refractivity contribution < 1.29 is 4.92 Å². The van der Waals surface area contributed by atoms with E-state index in [9.17, 15) is 10.1 Å². The first-order valence-electron chi connectivity index (χ1n) is 7.53. The Labute approximate surface area is 163 Å². The quantitative estimate of drug-likeness (QED) is 0.413. The number of hydrogen-bond acceptors (Lipinski definition) is 7. The number of halogens is 2. The van der Waals surface area contributed by atoms with Crippen LogP contribution < -0.4 is 10.6 Å². The van der Waals surface area contributed by atoms with Gasteiger partial charge in [-0.05, 0) is 30.0 Å². The topological polar surface area (TPSA) is 93.0 Å². The van der Waals surface area contributed by atoms with E-state index in [1.54, 1.807) is 29.5 Å². The van der Waals surface area contributed by atoms with Crippen LogP contribution in [0.3, 0.4) is 0 Å². The number of thiophene rings is 1. The van der Waals surface area contributed by atoms with E-state index in [4.69, 9.17) is 23.2 Å². The molecular formula is C16H13Cl2N5O2S. The summed E-state index contributed by atoms with van der Waals surface area (Å²) in [6.07, 6.45) is 1.99. The Morgan fingerprint density at radius 1 is 1.15 bits per heavy atom. The van der Waals surface area contributed by atoms with Gasteiger partial charge in [0.1, 0.15) is 6.33 Å². The molecular weight excluding hydrogens is 397 g/mol. The van der Waals surface area contributed by atoms with Gasteiger partial charge in [0, 0.05) is 11.4 Å². The average Bonchev–Trinajstić information content (AvgIpc) is 3.12. The maximum atomic E-state index is 11.6. The minimum atomic E-state index is -0.533. The molecule has 3 aromatic rings. The molecule has 3 rings (SSSR count). The van der Waals surface area contributed by atoms with Crippen LogP contribution in [-0.4, -0.2) is 21.4 Å². The van der Waals surface area contributed by atoms with Crippen LogP contribution in [0.25, 0.3) is 0 Å². The van der Waals surface area contributed by atoms with Gasteiger partial charge in [0.15, 0.2) is 0 Å². The summed E-state index contributed by atoms with van der Waals surface area (Å²) < 4.78 is 0. The first-order valence-corrected chi connectivity index (χ1v) is 9.16. The van der Waals surface area contributed by atoms with Crippen LogP contribution in [0, 0.1) is 10.1 Å². The van der Waals surface area contributed by atoms with Gasteiger partial charge in [-0.2, -0.15) is 0 Å². The number of anilines is 3. The number of nitro groups is 1. The van der Waals surface area contributed by atoms with Crippen LogP contribution in [0.4, 0.5) is 23.0 Å². The molecule has 0 spiro atoms. The van der Waals surface area contributed by atoms with Crippen molar-refractivity contribution in [2.75, 3.05) is 17.2 Å². The summed E-state index contributed by atoms with van der Waals surface area (Å²) in [6.45, 7) is 0.510. The van der Waals surface area contributed by atoms with Crippen LogP contribution in [0.2, 0.25) is 10.0 Å². The van der Waals surface area contributed by atoms with Gasteiger partial charge in [-0.1, -0.05) is 35.3 Å². The van der Waals surface area contributed by atoms with E-state index in [1.807, 2.05) is 17.5 Å². The maximum Gasteiger partial charge on any atom is 0.353 e. The maximum absolute atomic E-state index is 11.6. The normalized spacial score (nSPS) is 10.5. The molecule has 0 atom stereocenters. The molecule has 0 amide bonds. The molecule has 0 bridgehead atoms. The lowest BCUT2D eigenvalue weighted by atomic mass is 10.3. The Morgan fingerprint density at radius 2 is 1.96 bits per heavy atom. The van der Waals surface area contributed by atoms with Crippen LogP contribution in [0.15, 0.2) is 42.0 Å². The molecule has 1 aromatic carbocycles. The smallest absolute Gasteiger partial charge is 0.353 e. The Kier molecular flexibility index (Phi) is 5.87. The summed E-state index contributed by atoms with van der Waals surface area (Å²) in [5.41, 5.74) is 0.167. The van der Waals surface area contributed by atoms with Crippen molar-refractivity contribution >= 4 is 57.5 Å². The summed E-state index contributed by atoms with van der Waals surface area (Å²) >= 11 is 13.7. The Hall–Kier alpha value is -2.42. The second-order valence-corrected chi connectivity index (χ2v) is 6.98. The van der Waals surface area contributed by atoms with Crippen molar-refractivity contribution in [3.63, 3.8) is 0 Å². The van der Waals surface area contributed by atoms with E-state index >= 15 is 0 Å². The third-order valence-electron chi connectivity index (χ3n) is 3.45. The van der Waals surface area contributed by atoms with Crippen molar-refractivity contribution in [1.82, 2.24) is 9.97 Å². The monoisotopic (exact) mass is 409 g/mol. The predicted octanol–water partition coefficient (Wildman–Crippen LogP) is 5.15. The Morgan fingerprint density at radius 3 is 2.69 bits per heavy atom. The molecule has 0 unspecified atom stereocenters. The minimum Gasteiger partial charge on any atom is -0.364 e. The van der Waals surface area contributed by atoms with Gasteiger partial charge in [-0.15, -0.1) is 11.3 Å². The second-order valence-electron chi connectivity index (χ2n) is 5.16. The van der Waals surface area contributed by atoms with Crippen LogP contribution in [0.5, 0.6) is 0 Å². The summed E-state index contributed by atoms with van der Waals surface area (Å²) in [5, 5.41) is 20.0. The highest BCUT2D eigenvalue weighted by molar-refractivity contribution is 7.09. The highest BCUT2D eigenvalue weighted by Crippen LogP contribution is 2.35. The summed E-state index contributed by atoms with van der Waals surface area (Å²) in [6, 6.07) is 8.94. The van der Waals surface area contributed by atoms with Crippen molar-refractivity contribution in [2.24, 2.45) is 0 Å². The molecule has 2 heterocycles. The molecule has 0 aliphatic heterocycles. The zero-order valence-electron chi connectivity index (χ0n) is 13.3. The number of hydrogen-bond donors (Lipinski definition) is 2. The average molecular weight is 410 g/mol. The van der Waals surface area contributed by atoms with Gasteiger partial charge in [0.05, 0.1) is 20.7 Å². The molecule has 7 nitrogen and oxygen atoms in total. The van der Waals surface area contributed by atoms with Crippen molar-refractivity contribution in [3.8, 4) is 0 Å². The minimum absolute atomic E-state index is 0.0350. The Bertz CT molecular complexity index is 921. The fourth-order valence-electron chi connectivity index (χ4n) is 2.26. The highest BCUT2D eigenvalue weighted by atomic mass is 35.5. The molecule has 2 N–H and O–H groups in total. The van der Waals surface area contributed by atoms with Crippen molar-refractivity contribution in [3.05, 3.63) is 67.1 Å². The number of rotatable bonds is 7. The first kappa shape index (κ1) is 18.4. The largest absolute Gasteiger partial charge is 0.364 e. The lowest BCUT2D eigenvalue weighted by Crippen LogP contribution is -2.10.